The molecule has 1 amide bonds. The van der Waals surface area contributed by atoms with Crippen LogP contribution in [-0.4, -0.2) is 32.6 Å². The van der Waals surface area contributed by atoms with Gasteiger partial charge in [0.2, 0.25) is 0 Å². The predicted molar refractivity (Wildman–Crippen MR) is 95.8 cm³/mol. The molecule has 0 spiro atoms. The quantitative estimate of drug-likeness (QED) is 0.698. The van der Waals surface area contributed by atoms with E-state index < -0.39 is 5.97 Å². The molecule has 2 aromatic rings. The molecular weight excluding hydrogens is 398 g/mol. The lowest BCUT2D eigenvalue weighted by Crippen LogP contribution is -2.32. The number of para-hydroxylation sites is 1. The standard InChI is InChI=1S/C17H15BrClNO4/c1-20(14-6-4-3-5-12(14)17(22)23-2)16(21)10-24-15-9-11(18)7-8-13(15)19/h3-9H,10H2,1-2H3. The summed E-state index contributed by atoms with van der Waals surface area (Å²) < 4.78 is 11.0. The maximum Gasteiger partial charge on any atom is 0.339 e. The number of ether oxygens (including phenoxy) is 2. The zero-order valence-corrected chi connectivity index (χ0v) is 15.4. The van der Waals surface area contributed by atoms with Crippen LogP contribution < -0.4 is 9.64 Å². The van der Waals surface area contributed by atoms with Crippen LogP contribution in [0.1, 0.15) is 10.4 Å². The van der Waals surface area contributed by atoms with Crippen molar-refractivity contribution < 1.29 is 19.1 Å². The second kappa shape index (κ2) is 8.17. The molecule has 0 aliphatic rings. The van der Waals surface area contributed by atoms with Gasteiger partial charge in [-0.3, -0.25) is 4.79 Å². The van der Waals surface area contributed by atoms with E-state index in [9.17, 15) is 9.59 Å². The number of carbonyl (C=O) groups excluding carboxylic acids is 2. The Morgan fingerprint density at radius 1 is 1.21 bits per heavy atom. The highest BCUT2D eigenvalue weighted by molar-refractivity contribution is 9.10. The highest BCUT2D eigenvalue weighted by Gasteiger charge is 2.19. The lowest BCUT2D eigenvalue weighted by Gasteiger charge is -2.20. The number of hydrogen-bond donors (Lipinski definition) is 0. The van der Waals surface area contributed by atoms with E-state index in [0.29, 0.717) is 22.0 Å². The first-order valence-corrected chi connectivity index (χ1v) is 8.13. The Morgan fingerprint density at radius 3 is 2.62 bits per heavy atom. The number of carbonyl (C=O) groups is 2. The number of esters is 1. The second-order valence-corrected chi connectivity index (χ2v) is 6.15. The van der Waals surface area contributed by atoms with Crippen molar-refractivity contribution in [3.8, 4) is 5.75 Å². The normalized spacial score (nSPS) is 10.2. The molecule has 0 unspecified atom stereocenters. The zero-order chi connectivity index (χ0) is 17.7. The zero-order valence-electron chi connectivity index (χ0n) is 13.1. The first kappa shape index (κ1) is 18.3. The van der Waals surface area contributed by atoms with Crippen molar-refractivity contribution in [2.45, 2.75) is 0 Å². The molecule has 0 bridgehead atoms. The Balaban J connectivity index is 2.13. The van der Waals surface area contributed by atoms with E-state index in [4.69, 9.17) is 21.1 Å². The number of anilines is 1. The van der Waals surface area contributed by atoms with E-state index in [2.05, 4.69) is 15.9 Å². The molecule has 0 aliphatic carbocycles. The van der Waals surface area contributed by atoms with Gasteiger partial charge in [0, 0.05) is 11.5 Å². The number of methoxy groups -OCH3 is 1. The number of nitrogens with zero attached hydrogens (tertiary/aromatic N) is 1. The van der Waals surface area contributed by atoms with Gasteiger partial charge in [0.25, 0.3) is 5.91 Å². The monoisotopic (exact) mass is 411 g/mol. The van der Waals surface area contributed by atoms with Crippen LogP contribution in [0.4, 0.5) is 5.69 Å². The first-order chi connectivity index (χ1) is 11.4. The molecule has 24 heavy (non-hydrogen) atoms. The van der Waals surface area contributed by atoms with Gasteiger partial charge in [-0.05, 0) is 30.3 Å². The summed E-state index contributed by atoms with van der Waals surface area (Å²) in [5.41, 5.74) is 0.745. The molecule has 0 aromatic heterocycles. The Labute approximate surface area is 153 Å². The molecule has 0 aliphatic heterocycles. The van der Waals surface area contributed by atoms with Gasteiger partial charge < -0.3 is 14.4 Å². The van der Waals surface area contributed by atoms with Gasteiger partial charge in [-0.15, -0.1) is 0 Å². The van der Waals surface area contributed by atoms with E-state index in [0.717, 1.165) is 4.47 Å². The molecule has 7 heteroatoms. The highest BCUT2D eigenvalue weighted by Crippen LogP contribution is 2.28. The molecule has 126 valence electrons. The molecule has 0 fully saturated rings. The van der Waals surface area contributed by atoms with Crippen molar-refractivity contribution in [3.63, 3.8) is 0 Å². The third-order valence-electron chi connectivity index (χ3n) is 3.29. The topological polar surface area (TPSA) is 55.8 Å². The van der Waals surface area contributed by atoms with Crippen LogP contribution in [0.15, 0.2) is 46.9 Å². The molecule has 0 saturated heterocycles. The Bertz CT molecular complexity index is 766. The average molecular weight is 413 g/mol. The number of likely N-dealkylation sites (N-methyl/N-ethyl adjacent to an activating group) is 1. The molecule has 0 heterocycles. The largest absolute Gasteiger partial charge is 0.482 e. The van der Waals surface area contributed by atoms with Crippen molar-refractivity contribution >= 4 is 45.1 Å². The fourth-order valence-electron chi connectivity index (χ4n) is 2.01. The van der Waals surface area contributed by atoms with E-state index in [1.54, 1.807) is 49.5 Å². The van der Waals surface area contributed by atoms with Crippen LogP contribution in [0, 0.1) is 0 Å². The third kappa shape index (κ3) is 4.27. The molecule has 2 aromatic carbocycles. The number of rotatable bonds is 5. The Kier molecular flexibility index (Phi) is 6.23. The Hall–Kier alpha value is -2.05. The van der Waals surface area contributed by atoms with Crippen LogP contribution in [0.25, 0.3) is 0 Å². The van der Waals surface area contributed by atoms with E-state index in [1.807, 2.05) is 0 Å². The molecular formula is C17H15BrClNO4. The van der Waals surface area contributed by atoms with Gasteiger partial charge in [-0.1, -0.05) is 39.7 Å². The molecule has 0 radical (unpaired) electrons. The van der Waals surface area contributed by atoms with Gasteiger partial charge in [0.05, 0.1) is 23.4 Å². The molecule has 5 nitrogen and oxygen atoms in total. The molecule has 0 atom stereocenters. The second-order valence-electron chi connectivity index (χ2n) is 4.82. The SMILES string of the molecule is COC(=O)c1ccccc1N(C)C(=O)COc1cc(Br)ccc1Cl. The third-order valence-corrected chi connectivity index (χ3v) is 4.09. The summed E-state index contributed by atoms with van der Waals surface area (Å²) in [5.74, 6) is -0.447. The molecule has 2 rings (SSSR count). The Morgan fingerprint density at radius 2 is 1.92 bits per heavy atom. The van der Waals surface area contributed by atoms with Gasteiger partial charge in [-0.2, -0.15) is 0 Å². The first-order valence-electron chi connectivity index (χ1n) is 6.95. The van der Waals surface area contributed by atoms with Crippen LogP contribution >= 0.6 is 27.5 Å². The summed E-state index contributed by atoms with van der Waals surface area (Å²) in [6.07, 6.45) is 0. The van der Waals surface area contributed by atoms with Gasteiger partial charge >= 0.3 is 5.97 Å². The lowest BCUT2D eigenvalue weighted by molar-refractivity contribution is -0.120. The lowest BCUT2D eigenvalue weighted by atomic mass is 10.1. The number of benzene rings is 2. The minimum atomic E-state index is -0.513. The van der Waals surface area contributed by atoms with Crippen molar-refractivity contribution in [1.29, 1.82) is 0 Å². The van der Waals surface area contributed by atoms with Crippen LogP contribution in [0.5, 0.6) is 5.75 Å². The molecule has 0 N–H and O–H groups in total. The minimum absolute atomic E-state index is 0.220. The van der Waals surface area contributed by atoms with Crippen LogP contribution in [0.2, 0.25) is 5.02 Å². The number of halogens is 2. The van der Waals surface area contributed by atoms with Crippen molar-refractivity contribution in [2.24, 2.45) is 0 Å². The minimum Gasteiger partial charge on any atom is -0.482 e. The van der Waals surface area contributed by atoms with Crippen LogP contribution in [-0.2, 0) is 9.53 Å². The number of amides is 1. The van der Waals surface area contributed by atoms with E-state index in [-0.39, 0.29) is 12.5 Å². The fraction of sp³-hybridized carbons (Fsp3) is 0.176. The van der Waals surface area contributed by atoms with Crippen molar-refractivity contribution in [2.75, 3.05) is 25.7 Å². The molecule has 0 saturated carbocycles. The summed E-state index contributed by atoms with van der Waals surface area (Å²) in [7, 11) is 2.86. The van der Waals surface area contributed by atoms with E-state index in [1.165, 1.54) is 12.0 Å². The summed E-state index contributed by atoms with van der Waals surface area (Å²) in [4.78, 5) is 25.5. The van der Waals surface area contributed by atoms with Crippen LogP contribution in [0.3, 0.4) is 0 Å². The fourth-order valence-corrected chi connectivity index (χ4v) is 2.52. The number of hydrogen-bond acceptors (Lipinski definition) is 4. The smallest absolute Gasteiger partial charge is 0.339 e. The maximum atomic E-state index is 12.4. The average Bonchev–Trinajstić information content (AvgIpc) is 2.60. The summed E-state index contributed by atoms with van der Waals surface area (Å²) in [5, 5.41) is 0.406. The van der Waals surface area contributed by atoms with Gasteiger partial charge in [0.15, 0.2) is 6.61 Å². The van der Waals surface area contributed by atoms with Gasteiger partial charge in [0.1, 0.15) is 5.75 Å². The maximum absolute atomic E-state index is 12.4. The summed E-state index contributed by atoms with van der Waals surface area (Å²) in [6, 6.07) is 11.8. The predicted octanol–water partition coefficient (Wildman–Crippen LogP) is 3.93. The van der Waals surface area contributed by atoms with Crippen molar-refractivity contribution in [1.82, 2.24) is 0 Å². The van der Waals surface area contributed by atoms with Crippen molar-refractivity contribution in [3.05, 3.63) is 57.5 Å². The highest BCUT2D eigenvalue weighted by atomic mass is 79.9. The summed E-state index contributed by atoms with van der Waals surface area (Å²) >= 11 is 9.35. The van der Waals surface area contributed by atoms with Gasteiger partial charge in [-0.25, -0.2) is 4.79 Å². The van der Waals surface area contributed by atoms with E-state index >= 15 is 0 Å². The summed E-state index contributed by atoms with van der Waals surface area (Å²) in [6.45, 7) is -0.220.